The van der Waals surface area contributed by atoms with E-state index in [2.05, 4.69) is 4.90 Å². The van der Waals surface area contributed by atoms with Crippen LogP contribution in [0.15, 0.2) is 24.3 Å². The predicted molar refractivity (Wildman–Crippen MR) is 89.8 cm³/mol. The maximum atomic E-state index is 5.89. The number of thiocarbonyl (C=S) groups is 1. The molecular weight excluding hydrogens is 280 g/mol. The molecule has 2 atom stereocenters. The zero-order valence-corrected chi connectivity index (χ0v) is 13.3. The van der Waals surface area contributed by atoms with Gasteiger partial charge in [0.05, 0.1) is 0 Å². The highest BCUT2D eigenvalue weighted by Crippen LogP contribution is 2.36. The Labute approximate surface area is 132 Å². The minimum atomic E-state index is 0.422. The molecule has 1 aliphatic heterocycles. The van der Waals surface area contributed by atoms with E-state index in [1.165, 1.54) is 38.6 Å². The molecule has 1 aliphatic carbocycles. The van der Waals surface area contributed by atoms with Crippen molar-refractivity contribution in [3.05, 3.63) is 29.8 Å². The van der Waals surface area contributed by atoms with Crippen molar-refractivity contribution in [2.24, 2.45) is 11.7 Å². The van der Waals surface area contributed by atoms with Crippen LogP contribution in [0.3, 0.4) is 0 Å². The summed E-state index contributed by atoms with van der Waals surface area (Å²) in [6, 6.07) is 8.57. The zero-order chi connectivity index (χ0) is 14.7. The maximum absolute atomic E-state index is 5.89. The average Bonchev–Trinajstić information content (AvgIpc) is 2.97. The summed E-state index contributed by atoms with van der Waals surface area (Å²) in [5, 5.41) is 0. The van der Waals surface area contributed by atoms with Crippen LogP contribution >= 0.6 is 12.2 Å². The highest BCUT2D eigenvalue weighted by Gasteiger charge is 2.34. The van der Waals surface area contributed by atoms with E-state index in [1.807, 2.05) is 24.3 Å². The number of rotatable bonds is 5. The van der Waals surface area contributed by atoms with E-state index in [-0.39, 0.29) is 0 Å². The summed E-state index contributed by atoms with van der Waals surface area (Å²) in [5.74, 6) is 1.80. The van der Waals surface area contributed by atoms with E-state index >= 15 is 0 Å². The molecule has 2 fully saturated rings. The fourth-order valence-electron chi connectivity index (χ4n) is 3.85. The Morgan fingerprint density at radius 3 is 3.00 bits per heavy atom. The first-order valence-electron chi connectivity index (χ1n) is 8.01. The number of hydrogen-bond acceptors (Lipinski definition) is 3. The average molecular weight is 304 g/mol. The molecule has 2 aliphatic rings. The molecule has 0 radical (unpaired) electrons. The van der Waals surface area contributed by atoms with E-state index in [9.17, 15) is 0 Å². The van der Waals surface area contributed by atoms with Crippen LogP contribution in [0.25, 0.3) is 0 Å². The van der Waals surface area contributed by atoms with Crippen LogP contribution in [0.4, 0.5) is 0 Å². The number of nitrogens with zero attached hydrogens (tertiary/aromatic N) is 1. The van der Waals surface area contributed by atoms with Gasteiger partial charge in [-0.05, 0) is 50.3 Å². The molecule has 4 heteroatoms. The summed E-state index contributed by atoms with van der Waals surface area (Å²) in [6.07, 6.45) is 6.98. The summed E-state index contributed by atoms with van der Waals surface area (Å²) in [7, 11) is 0. The Balaban J connectivity index is 1.51. The first-order chi connectivity index (χ1) is 10.2. The molecule has 3 nitrogen and oxygen atoms in total. The van der Waals surface area contributed by atoms with Gasteiger partial charge < -0.3 is 10.5 Å². The van der Waals surface area contributed by atoms with Crippen molar-refractivity contribution >= 4 is 17.2 Å². The highest BCUT2D eigenvalue weighted by atomic mass is 32.1. The molecule has 1 heterocycles. The van der Waals surface area contributed by atoms with Gasteiger partial charge in [0.25, 0.3) is 0 Å². The largest absolute Gasteiger partial charge is 0.492 e. The van der Waals surface area contributed by atoms with Gasteiger partial charge in [-0.2, -0.15) is 0 Å². The summed E-state index contributed by atoms with van der Waals surface area (Å²) in [6.45, 7) is 3.00. The minimum Gasteiger partial charge on any atom is -0.492 e. The summed E-state index contributed by atoms with van der Waals surface area (Å²) in [5.41, 5.74) is 6.53. The smallest absolute Gasteiger partial charge is 0.120 e. The molecule has 0 spiro atoms. The number of piperidine rings is 1. The van der Waals surface area contributed by atoms with Crippen molar-refractivity contribution in [2.45, 2.75) is 38.1 Å². The van der Waals surface area contributed by atoms with Gasteiger partial charge >= 0.3 is 0 Å². The van der Waals surface area contributed by atoms with Crippen LogP contribution < -0.4 is 10.5 Å². The molecule has 0 bridgehead atoms. The van der Waals surface area contributed by atoms with E-state index in [0.29, 0.717) is 4.99 Å². The fourth-order valence-corrected chi connectivity index (χ4v) is 3.98. The van der Waals surface area contributed by atoms with E-state index in [1.54, 1.807) is 0 Å². The number of nitrogens with two attached hydrogens (primary N) is 1. The third-order valence-corrected chi connectivity index (χ3v) is 5.11. The first-order valence-corrected chi connectivity index (χ1v) is 8.41. The number of fused-ring (bicyclic) bond motifs is 1. The number of likely N-dealkylation sites (tertiary alicyclic amines) is 1. The van der Waals surface area contributed by atoms with Crippen molar-refractivity contribution in [3.63, 3.8) is 0 Å². The fraction of sp³-hybridized carbons (Fsp3) is 0.588. The van der Waals surface area contributed by atoms with Crippen molar-refractivity contribution in [3.8, 4) is 5.75 Å². The summed E-state index contributed by atoms with van der Waals surface area (Å²) in [4.78, 5) is 3.06. The van der Waals surface area contributed by atoms with E-state index < -0.39 is 0 Å². The first kappa shape index (κ1) is 14.8. The van der Waals surface area contributed by atoms with Crippen molar-refractivity contribution < 1.29 is 4.74 Å². The van der Waals surface area contributed by atoms with Crippen LogP contribution in [-0.2, 0) is 0 Å². The second kappa shape index (κ2) is 6.75. The van der Waals surface area contributed by atoms with Crippen LogP contribution in [0.5, 0.6) is 5.75 Å². The Hall–Kier alpha value is -1.13. The van der Waals surface area contributed by atoms with Crippen molar-refractivity contribution in [1.82, 2.24) is 4.90 Å². The Morgan fingerprint density at radius 2 is 2.14 bits per heavy atom. The van der Waals surface area contributed by atoms with Gasteiger partial charge in [0.2, 0.25) is 0 Å². The minimum absolute atomic E-state index is 0.422. The van der Waals surface area contributed by atoms with Gasteiger partial charge in [0.1, 0.15) is 17.3 Å². The third-order valence-electron chi connectivity index (χ3n) is 4.87. The Bertz CT molecular complexity index is 505. The summed E-state index contributed by atoms with van der Waals surface area (Å²) < 4.78 is 5.89. The van der Waals surface area contributed by atoms with Crippen LogP contribution in [0, 0.1) is 5.92 Å². The molecule has 2 N–H and O–H groups in total. The SMILES string of the molecule is NC(=S)c1cccc(OCCN2CCCC3CCCC32)c1. The molecule has 1 aromatic carbocycles. The monoisotopic (exact) mass is 304 g/mol. The number of benzene rings is 1. The van der Waals surface area contributed by atoms with E-state index in [0.717, 1.165) is 36.4 Å². The van der Waals surface area contributed by atoms with Crippen molar-refractivity contribution in [2.75, 3.05) is 19.7 Å². The lowest BCUT2D eigenvalue weighted by Gasteiger charge is -2.37. The number of hydrogen-bond donors (Lipinski definition) is 1. The molecule has 21 heavy (non-hydrogen) atoms. The van der Waals surface area contributed by atoms with Gasteiger partial charge in [-0.3, -0.25) is 4.90 Å². The molecule has 1 saturated carbocycles. The zero-order valence-electron chi connectivity index (χ0n) is 12.5. The van der Waals surface area contributed by atoms with Crippen LogP contribution in [0.2, 0.25) is 0 Å². The molecule has 114 valence electrons. The lowest BCUT2D eigenvalue weighted by molar-refractivity contribution is 0.0951. The normalized spacial score (nSPS) is 25.5. The molecule has 1 saturated heterocycles. The molecule has 0 amide bonds. The maximum Gasteiger partial charge on any atom is 0.120 e. The van der Waals surface area contributed by atoms with Crippen molar-refractivity contribution in [1.29, 1.82) is 0 Å². The van der Waals surface area contributed by atoms with Gasteiger partial charge in [0, 0.05) is 18.2 Å². The van der Waals surface area contributed by atoms with Gasteiger partial charge in [-0.15, -0.1) is 0 Å². The molecule has 1 aromatic rings. The topological polar surface area (TPSA) is 38.5 Å². The van der Waals surface area contributed by atoms with Crippen LogP contribution in [0.1, 0.15) is 37.7 Å². The predicted octanol–water partition coefficient (Wildman–Crippen LogP) is 2.96. The molecule has 0 aromatic heterocycles. The van der Waals surface area contributed by atoms with Crippen LogP contribution in [-0.4, -0.2) is 35.6 Å². The Morgan fingerprint density at radius 1 is 1.29 bits per heavy atom. The lowest BCUT2D eigenvalue weighted by Crippen LogP contribution is -2.44. The third kappa shape index (κ3) is 3.55. The number of ether oxygens (including phenoxy) is 1. The standard InChI is InChI=1S/C17H24N2OS/c18-17(21)14-5-1-7-15(12-14)20-11-10-19-9-3-6-13-4-2-8-16(13)19/h1,5,7,12-13,16H,2-4,6,8-11H2,(H2,18,21). The van der Waals surface area contributed by atoms with E-state index in [4.69, 9.17) is 22.7 Å². The second-order valence-corrected chi connectivity index (χ2v) is 6.62. The molecule has 2 unspecified atom stereocenters. The quantitative estimate of drug-likeness (QED) is 0.849. The lowest BCUT2D eigenvalue weighted by atomic mass is 9.92. The molecule has 3 rings (SSSR count). The highest BCUT2D eigenvalue weighted by molar-refractivity contribution is 7.80. The summed E-state index contributed by atoms with van der Waals surface area (Å²) >= 11 is 5.00. The van der Waals surface area contributed by atoms with Gasteiger partial charge in [-0.1, -0.05) is 30.8 Å². The van der Waals surface area contributed by atoms with Gasteiger partial charge in [0.15, 0.2) is 0 Å². The second-order valence-electron chi connectivity index (χ2n) is 6.18. The Kier molecular flexibility index (Phi) is 4.76. The molecular formula is C17H24N2OS. The van der Waals surface area contributed by atoms with Gasteiger partial charge in [-0.25, -0.2) is 0 Å².